The summed E-state index contributed by atoms with van der Waals surface area (Å²) in [6, 6.07) is 11.2. The van der Waals surface area contributed by atoms with Crippen LogP contribution in [0.15, 0.2) is 54.6 Å². The Balaban J connectivity index is 1.53. The Morgan fingerprint density at radius 3 is 2.18 bits per heavy atom. The van der Waals surface area contributed by atoms with Crippen LogP contribution in [-0.4, -0.2) is 79.3 Å². The fourth-order valence-electron chi connectivity index (χ4n) is 4.61. The molecular formula is C26H28ClF3N4O5. The number of anilines is 1. The lowest BCUT2D eigenvalue weighted by Crippen LogP contribution is -2.53. The minimum atomic E-state index is -5.36. The summed E-state index contributed by atoms with van der Waals surface area (Å²) in [6.45, 7) is 3.90. The fourth-order valence-corrected chi connectivity index (χ4v) is 4.74. The average molecular weight is 569 g/mol. The highest BCUT2D eigenvalue weighted by molar-refractivity contribution is 6.30. The maximum atomic E-state index is 13.7. The molecule has 2 heterocycles. The van der Waals surface area contributed by atoms with Crippen molar-refractivity contribution < 1.29 is 37.1 Å². The number of amides is 3. The summed E-state index contributed by atoms with van der Waals surface area (Å²) in [4.78, 5) is 47.0. The first-order chi connectivity index (χ1) is 18.6. The van der Waals surface area contributed by atoms with Gasteiger partial charge in [-0.05, 0) is 42.7 Å². The highest BCUT2D eigenvalue weighted by atomic mass is 35.5. The van der Waals surface area contributed by atoms with Gasteiger partial charge in [0.25, 0.3) is 0 Å². The fraction of sp³-hybridized carbons (Fsp3) is 0.423. The third-order valence-electron chi connectivity index (χ3n) is 6.64. The molecule has 3 amide bonds. The van der Waals surface area contributed by atoms with Gasteiger partial charge in [-0.1, -0.05) is 41.9 Å². The van der Waals surface area contributed by atoms with Gasteiger partial charge in [0.05, 0.1) is 18.9 Å². The van der Waals surface area contributed by atoms with Crippen LogP contribution in [0.1, 0.15) is 24.4 Å². The zero-order valence-corrected chi connectivity index (χ0v) is 21.7. The van der Waals surface area contributed by atoms with Crippen LogP contribution < -0.4 is 10.4 Å². The maximum absolute atomic E-state index is 13.7. The van der Waals surface area contributed by atoms with E-state index in [1.807, 2.05) is 0 Å². The zero-order chi connectivity index (χ0) is 28.0. The van der Waals surface area contributed by atoms with Gasteiger partial charge in [-0.3, -0.25) is 9.69 Å². The molecule has 0 unspecified atom stereocenters. The maximum Gasteiger partial charge on any atom is 0.493 e. The standard InChI is InChI=1S/C26H28ClF3N4O5/c27-19-6-8-21(9-7-19)34(39-24(36)26(28,29)30)25(37)31-22(18-4-2-1-3-5-18)23(35)33-12-10-20(11-13-33)32-14-16-38-17-15-32/h1-9,20,22H,10-17H2,(H,31,37)/t22-/m1/s1. The van der Waals surface area contributed by atoms with E-state index in [1.165, 1.54) is 24.3 Å². The first-order valence-electron chi connectivity index (χ1n) is 12.4. The van der Waals surface area contributed by atoms with Crippen LogP contribution in [0, 0.1) is 0 Å². The highest BCUT2D eigenvalue weighted by Gasteiger charge is 2.44. The zero-order valence-electron chi connectivity index (χ0n) is 20.9. The van der Waals surface area contributed by atoms with E-state index >= 15 is 0 Å². The van der Waals surface area contributed by atoms with Crippen LogP contribution in [0.3, 0.4) is 0 Å². The molecule has 2 aromatic rings. The Hall–Kier alpha value is -3.35. The van der Waals surface area contributed by atoms with Crippen LogP contribution in [0.2, 0.25) is 5.02 Å². The second kappa shape index (κ2) is 12.7. The highest BCUT2D eigenvalue weighted by Crippen LogP contribution is 2.26. The molecule has 2 aliphatic rings. The number of halogens is 4. The van der Waals surface area contributed by atoms with E-state index in [2.05, 4.69) is 15.1 Å². The van der Waals surface area contributed by atoms with Crippen LogP contribution in [-0.2, 0) is 19.2 Å². The molecule has 39 heavy (non-hydrogen) atoms. The largest absolute Gasteiger partial charge is 0.493 e. The molecule has 0 saturated carbocycles. The summed E-state index contributed by atoms with van der Waals surface area (Å²) in [5.74, 6) is -3.02. The molecule has 210 valence electrons. The van der Waals surface area contributed by atoms with Gasteiger partial charge in [-0.15, -0.1) is 5.06 Å². The van der Waals surface area contributed by atoms with Crippen molar-refractivity contribution in [3.05, 3.63) is 65.2 Å². The van der Waals surface area contributed by atoms with Crippen molar-refractivity contribution >= 4 is 35.2 Å². The number of ether oxygens (including phenoxy) is 1. The van der Waals surface area contributed by atoms with E-state index < -0.39 is 30.1 Å². The van der Waals surface area contributed by atoms with Gasteiger partial charge < -0.3 is 19.8 Å². The summed E-state index contributed by atoms with van der Waals surface area (Å²) in [6.07, 6.45) is -3.88. The Morgan fingerprint density at radius 1 is 0.974 bits per heavy atom. The Morgan fingerprint density at radius 2 is 1.59 bits per heavy atom. The van der Waals surface area contributed by atoms with Gasteiger partial charge in [-0.2, -0.15) is 13.2 Å². The smallest absolute Gasteiger partial charge is 0.379 e. The van der Waals surface area contributed by atoms with E-state index in [0.717, 1.165) is 25.9 Å². The molecule has 0 bridgehead atoms. The average Bonchev–Trinajstić information content (AvgIpc) is 2.95. The number of likely N-dealkylation sites (tertiary alicyclic amines) is 1. The number of benzene rings is 2. The number of hydrogen-bond acceptors (Lipinski definition) is 6. The van der Waals surface area contributed by atoms with E-state index in [9.17, 15) is 27.6 Å². The lowest BCUT2D eigenvalue weighted by Gasteiger charge is -2.41. The Kier molecular flexibility index (Phi) is 9.31. The molecule has 9 nitrogen and oxygen atoms in total. The summed E-state index contributed by atoms with van der Waals surface area (Å²) in [5.41, 5.74) is 0.226. The van der Waals surface area contributed by atoms with E-state index in [4.69, 9.17) is 16.3 Å². The molecule has 0 aromatic heterocycles. The molecule has 0 aliphatic carbocycles. The SMILES string of the molecule is O=C([C@H](NC(=O)N(OC(=O)C(F)(F)F)c1ccc(Cl)cc1)c1ccccc1)N1CCC(N2CCOCC2)CC1. The number of carbonyl (C=O) groups excluding carboxylic acids is 3. The van der Waals surface area contributed by atoms with E-state index in [-0.39, 0.29) is 15.8 Å². The number of hydrogen-bond donors (Lipinski definition) is 1. The summed E-state index contributed by atoms with van der Waals surface area (Å²) >= 11 is 5.86. The van der Waals surface area contributed by atoms with Crippen molar-refractivity contribution in [3.63, 3.8) is 0 Å². The number of alkyl halides is 3. The van der Waals surface area contributed by atoms with Gasteiger partial charge >= 0.3 is 18.2 Å². The monoisotopic (exact) mass is 568 g/mol. The predicted molar refractivity (Wildman–Crippen MR) is 136 cm³/mol. The predicted octanol–water partition coefficient (Wildman–Crippen LogP) is 3.94. The number of rotatable bonds is 5. The molecule has 2 aromatic carbocycles. The minimum Gasteiger partial charge on any atom is -0.379 e. The van der Waals surface area contributed by atoms with Crippen LogP contribution in [0.4, 0.5) is 23.7 Å². The number of urea groups is 1. The topological polar surface area (TPSA) is 91.4 Å². The van der Waals surface area contributed by atoms with E-state index in [1.54, 1.807) is 35.2 Å². The minimum absolute atomic E-state index is 0.167. The van der Waals surface area contributed by atoms with E-state index in [0.29, 0.717) is 37.9 Å². The molecular weight excluding hydrogens is 541 g/mol. The molecule has 0 radical (unpaired) electrons. The third kappa shape index (κ3) is 7.40. The molecule has 2 saturated heterocycles. The number of piperidine rings is 1. The number of morpholine rings is 1. The van der Waals surface area contributed by atoms with Gasteiger partial charge in [0.2, 0.25) is 5.91 Å². The van der Waals surface area contributed by atoms with Crippen molar-refractivity contribution in [1.29, 1.82) is 0 Å². The summed E-state index contributed by atoms with van der Waals surface area (Å²) < 4.78 is 44.4. The molecule has 2 fully saturated rings. The van der Waals surface area contributed by atoms with Gasteiger partial charge in [0.1, 0.15) is 6.04 Å². The molecule has 13 heteroatoms. The number of carbonyl (C=O) groups is 3. The lowest BCUT2D eigenvalue weighted by molar-refractivity contribution is -0.199. The molecule has 1 N–H and O–H groups in total. The van der Waals surface area contributed by atoms with Crippen molar-refractivity contribution in [2.75, 3.05) is 44.5 Å². The second-order valence-electron chi connectivity index (χ2n) is 9.15. The van der Waals surface area contributed by atoms with Gasteiger partial charge in [0, 0.05) is 37.2 Å². The van der Waals surface area contributed by atoms with Crippen molar-refractivity contribution in [2.24, 2.45) is 0 Å². The molecule has 2 aliphatic heterocycles. The van der Waals surface area contributed by atoms with Gasteiger partial charge in [0.15, 0.2) is 0 Å². The molecule has 1 atom stereocenters. The summed E-state index contributed by atoms with van der Waals surface area (Å²) in [7, 11) is 0. The normalized spacial score (nSPS) is 17.8. The first kappa shape index (κ1) is 28.7. The van der Waals surface area contributed by atoms with Crippen molar-refractivity contribution in [2.45, 2.75) is 31.1 Å². The van der Waals surface area contributed by atoms with Crippen molar-refractivity contribution in [1.82, 2.24) is 15.1 Å². The van der Waals surface area contributed by atoms with Crippen LogP contribution >= 0.6 is 11.6 Å². The molecule has 4 rings (SSSR count). The van der Waals surface area contributed by atoms with Crippen LogP contribution in [0.5, 0.6) is 0 Å². The number of nitrogens with one attached hydrogen (secondary N) is 1. The van der Waals surface area contributed by atoms with Crippen LogP contribution in [0.25, 0.3) is 0 Å². The summed E-state index contributed by atoms with van der Waals surface area (Å²) in [5, 5.41) is 2.88. The Bertz CT molecular complexity index is 1140. The van der Waals surface area contributed by atoms with Crippen molar-refractivity contribution in [3.8, 4) is 0 Å². The van der Waals surface area contributed by atoms with Gasteiger partial charge in [-0.25, -0.2) is 9.59 Å². The second-order valence-corrected chi connectivity index (χ2v) is 9.58. The quantitative estimate of drug-likeness (QED) is 0.550. The third-order valence-corrected chi connectivity index (χ3v) is 6.89. The number of hydroxylamine groups is 1. The Labute approximate surface area is 228 Å². The molecule has 0 spiro atoms. The first-order valence-corrected chi connectivity index (χ1v) is 12.8. The number of nitrogens with zero attached hydrogens (tertiary/aromatic N) is 3. The lowest BCUT2D eigenvalue weighted by atomic mass is 10.00.